The van der Waals surface area contributed by atoms with Crippen molar-refractivity contribution in [2.24, 2.45) is 11.7 Å². The standard InChI is InChI=1S/C8H15NO2/c9-7(8(10)11)5-4-6-2-1-3-6/h6-7H,1-5,9H2,(H,10,11)/t7-/m1/s1. The third-order valence-electron chi connectivity index (χ3n) is 2.43. The maximum absolute atomic E-state index is 10.3. The van der Waals surface area contributed by atoms with E-state index in [4.69, 9.17) is 10.8 Å². The van der Waals surface area contributed by atoms with Crippen LogP contribution in [0.4, 0.5) is 0 Å². The quantitative estimate of drug-likeness (QED) is 0.639. The van der Waals surface area contributed by atoms with Crippen LogP contribution in [0.1, 0.15) is 32.1 Å². The van der Waals surface area contributed by atoms with Crippen molar-refractivity contribution in [2.45, 2.75) is 38.1 Å². The monoisotopic (exact) mass is 157 g/mol. The van der Waals surface area contributed by atoms with E-state index in [2.05, 4.69) is 0 Å². The molecule has 1 saturated carbocycles. The maximum Gasteiger partial charge on any atom is 0.320 e. The highest BCUT2D eigenvalue weighted by Crippen LogP contribution is 2.30. The number of aliphatic carboxylic acids is 1. The smallest absolute Gasteiger partial charge is 0.320 e. The number of rotatable bonds is 4. The van der Waals surface area contributed by atoms with Gasteiger partial charge in [-0.25, -0.2) is 0 Å². The molecule has 0 heterocycles. The Kier molecular flexibility index (Phi) is 2.88. The van der Waals surface area contributed by atoms with Crippen molar-refractivity contribution in [1.82, 2.24) is 0 Å². The number of carboxylic acid groups (broad SMARTS) is 1. The van der Waals surface area contributed by atoms with Gasteiger partial charge in [0.2, 0.25) is 0 Å². The SMILES string of the molecule is N[C@H](CCC1CCC1)C(=O)O. The molecule has 0 spiro atoms. The summed E-state index contributed by atoms with van der Waals surface area (Å²) >= 11 is 0. The van der Waals surface area contributed by atoms with E-state index in [1.165, 1.54) is 19.3 Å². The van der Waals surface area contributed by atoms with Crippen LogP contribution in [0, 0.1) is 5.92 Å². The van der Waals surface area contributed by atoms with E-state index in [-0.39, 0.29) is 0 Å². The lowest BCUT2D eigenvalue weighted by Gasteiger charge is -2.25. The second-order valence-electron chi connectivity index (χ2n) is 3.32. The van der Waals surface area contributed by atoms with Gasteiger partial charge < -0.3 is 10.8 Å². The van der Waals surface area contributed by atoms with Gasteiger partial charge in [-0.3, -0.25) is 4.79 Å². The highest BCUT2D eigenvalue weighted by Gasteiger charge is 2.19. The molecule has 1 aliphatic rings. The Balaban J connectivity index is 2.05. The molecule has 11 heavy (non-hydrogen) atoms. The van der Waals surface area contributed by atoms with Crippen LogP contribution in [0.3, 0.4) is 0 Å². The Bertz CT molecular complexity index is 143. The minimum Gasteiger partial charge on any atom is -0.480 e. The second kappa shape index (κ2) is 3.72. The lowest BCUT2D eigenvalue weighted by Crippen LogP contribution is -2.31. The molecule has 0 bridgehead atoms. The summed E-state index contributed by atoms with van der Waals surface area (Å²) in [5, 5.41) is 8.46. The second-order valence-corrected chi connectivity index (χ2v) is 3.32. The van der Waals surface area contributed by atoms with Crippen LogP contribution >= 0.6 is 0 Å². The summed E-state index contributed by atoms with van der Waals surface area (Å²) in [4.78, 5) is 10.3. The minimum absolute atomic E-state index is 0.639. The van der Waals surface area contributed by atoms with Crippen molar-refractivity contribution in [2.75, 3.05) is 0 Å². The summed E-state index contributed by atoms with van der Waals surface area (Å²) in [7, 11) is 0. The largest absolute Gasteiger partial charge is 0.480 e. The van der Waals surface area contributed by atoms with Gasteiger partial charge in [-0.05, 0) is 18.8 Å². The third-order valence-corrected chi connectivity index (χ3v) is 2.43. The molecule has 0 radical (unpaired) electrons. The van der Waals surface area contributed by atoms with Crippen LogP contribution in [-0.2, 0) is 4.79 Å². The van der Waals surface area contributed by atoms with Gasteiger partial charge in [-0.1, -0.05) is 19.3 Å². The predicted octanol–water partition coefficient (Wildman–Crippen LogP) is 0.979. The normalized spacial score (nSPS) is 20.8. The van der Waals surface area contributed by atoms with Gasteiger partial charge in [0.05, 0.1) is 0 Å². The van der Waals surface area contributed by atoms with Gasteiger partial charge in [0.15, 0.2) is 0 Å². The molecular formula is C8H15NO2. The average Bonchev–Trinajstić information content (AvgIpc) is 1.83. The van der Waals surface area contributed by atoms with Crippen LogP contribution in [0.25, 0.3) is 0 Å². The minimum atomic E-state index is -0.871. The lowest BCUT2D eigenvalue weighted by atomic mass is 9.81. The molecule has 0 amide bonds. The molecule has 0 aromatic rings. The first-order valence-corrected chi connectivity index (χ1v) is 4.18. The van der Waals surface area contributed by atoms with Gasteiger partial charge in [-0.2, -0.15) is 0 Å². The van der Waals surface area contributed by atoms with Crippen LogP contribution in [0.15, 0.2) is 0 Å². The van der Waals surface area contributed by atoms with Crippen LogP contribution in [0.5, 0.6) is 0 Å². The first kappa shape index (κ1) is 8.53. The van der Waals surface area contributed by atoms with E-state index in [0.717, 1.165) is 12.3 Å². The molecule has 0 aromatic carbocycles. The molecular weight excluding hydrogens is 142 g/mol. The zero-order chi connectivity index (χ0) is 8.27. The van der Waals surface area contributed by atoms with Gasteiger partial charge in [0.25, 0.3) is 0 Å². The molecule has 0 aliphatic heterocycles. The van der Waals surface area contributed by atoms with Crippen LogP contribution in [0.2, 0.25) is 0 Å². The summed E-state index contributed by atoms with van der Waals surface area (Å²) < 4.78 is 0. The van der Waals surface area contributed by atoms with Gasteiger partial charge in [0, 0.05) is 0 Å². The average molecular weight is 157 g/mol. The van der Waals surface area contributed by atoms with Crippen LogP contribution < -0.4 is 5.73 Å². The zero-order valence-electron chi connectivity index (χ0n) is 6.62. The molecule has 1 fully saturated rings. The predicted molar refractivity (Wildman–Crippen MR) is 42.2 cm³/mol. The summed E-state index contributed by atoms with van der Waals surface area (Å²) in [6.45, 7) is 0. The summed E-state index contributed by atoms with van der Waals surface area (Å²) in [5.74, 6) is -0.107. The Labute approximate surface area is 66.6 Å². The molecule has 3 heteroatoms. The summed E-state index contributed by atoms with van der Waals surface area (Å²) in [6.07, 6.45) is 5.49. The highest BCUT2D eigenvalue weighted by atomic mass is 16.4. The number of nitrogens with two attached hydrogens (primary N) is 1. The number of carbonyl (C=O) groups is 1. The van der Waals surface area contributed by atoms with Crippen LogP contribution in [-0.4, -0.2) is 17.1 Å². The van der Waals surface area contributed by atoms with Crippen molar-refractivity contribution >= 4 is 5.97 Å². The van der Waals surface area contributed by atoms with Crippen molar-refractivity contribution in [3.8, 4) is 0 Å². The number of hydrogen-bond donors (Lipinski definition) is 2. The molecule has 1 atom stereocenters. The third kappa shape index (κ3) is 2.50. The number of hydrogen-bond acceptors (Lipinski definition) is 2. The Morgan fingerprint density at radius 3 is 2.64 bits per heavy atom. The van der Waals surface area contributed by atoms with Gasteiger partial charge in [0.1, 0.15) is 6.04 Å². The molecule has 1 rings (SSSR count). The fourth-order valence-corrected chi connectivity index (χ4v) is 1.32. The molecule has 64 valence electrons. The molecule has 1 aliphatic carbocycles. The Morgan fingerprint density at radius 2 is 2.27 bits per heavy atom. The maximum atomic E-state index is 10.3. The van der Waals surface area contributed by atoms with E-state index in [0.29, 0.717) is 6.42 Å². The molecule has 0 saturated heterocycles. The van der Waals surface area contributed by atoms with E-state index >= 15 is 0 Å². The van der Waals surface area contributed by atoms with Crippen molar-refractivity contribution < 1.29 is 9.90 Å². The molecule has 0 unspecified atom stereocenters. The van der Waals surface area contributed by atoms with Crippen molar-refractivity contribution in [3.63, 3.8) is 0 Å². The number of carboxylic acids is 1. The highest BCUT2D eigenvalue weighted by molar-refractivity contribution is 5.72. The van der Waals surface area contributed by atoms with E-state index in [1.807, 2.05) is 0 Å². The Hall–Kier alpha value is -0.570. The summed E-state index contributed by atoms with van der Waals surface area (Å²) in [6, 6.07) is -0.643. The first-order valence-electron chi connectivity index (χ1n) is 4.18. The lowest BCUT2D eigenvalue weighted by molar-refractivity contribution is -0.138. The summed E-state index contributed by atoms with van der Waals surface area (Å²) in [5.41, 5.74) is 5.34. The fraction of sp³-hybridized carbons (Fsp3) is 0.875. The van der Waals surface area contributed by atoms with E-state index in [1.54, 1.807) is 0 Å². The van der Waals surface area contributed by atoms with Crippen molar-refractivity contribution in [3.05, 3.63) is 0 Å². The molecule has 3 nitrogen and oxygen atoms in total. The topological polar surface area (TPSA) is 63.3 Å². The van der Waals surface area contributed by atoms with Gasteiger partial charge in [-0.15, -0.1) is 0 Å². The molecule has 0 aromatic heterocycles. The van der Waals surface area contributed by atoms with Crippen molar-refractivity contribution in [1.29, 1.82) is 0 Å². The molecule has 3 N–H and O–H groups in total. The van der Waals surface area contributed by atoms with Gasteiger partial charge >= 0.3 is 5.97 Å². The van der Waals surface area contributed by atoms with E-state index in [9.17, 15) is 4.79 Å². The first-order chi connectivity index (χ1) is 5.20. The Morgan fingerprint density at radius 1 is 1.64 bits per heavy atom. The fourth-order valence-electron chi connectivity index (χ4n) is 1.32. The van der Waals surface area contributed by atoms with E-state index < -0.39 is 12.0 Å². The zero-order valence-corrected chi connectivity index (χ0v) is 6.62.